The van der Waals surface area contributed by atoms with Gasteiger partial charge in [-0.2, -0.15) is 0 Å². The van der Waals surface area contributed by atoms with Crippen molar-refractivity contribution >= 4 is 6.09 Å². The quantitative estimate of drug-likeness (QED) is 0.833. The third-order valence-electron chi connectivity index (χ3n) is 4.17. The van der Waals surface area contributed by atoms with E-state index in [1.165, 1.54) is 19.3 Å². The standard InChI is InChI=1S/C16H31N3O2/c1-16(2,3)21-15(20)19-9-7-13(12-19)10-17-11-14-6-4-5-8-18-14/h13-14,17-18H,4-12H2,1-3H3. The maximum atomic E-state index is 12.0. The fraction of sp³-hybridized carbons (Fsp3) is 0.938. The summed E-state index contributed by atoms with van der Waals surface area (Å²) in [6, 6.07) is 0.627. The van der Waals surface area contributed by atoms with Crippen LogP contribution in [0.3, 0.4) is 0 Å². The van der Waals surface area contributed by atoms with Crippen molar-refractivity contribution in [1.29, 1.82) is 0 Å². The summed E-state index contributed by atoms with van der Waals surface area (Å²) >= 11 is 0. The van der Waals surface area contributed by atoms with Gasteiger partial charge in [0, 0.05) is 25.7 Å². The number of likely N-dealkylation sites (tertiary alicyclic amines) is 1. The van der Waals surface area contributed by atoms with E-state index < -0.39 is 5.60 Å². The predicted molar refractivity (Wildman–Crippen MR) is 84.4 cm³/mol. The van der Waals surface area contributed by atoms with Crippen LogP contribution < -0.4 is 10.6 Å². The lowest BCUT2D eigenvalue weighted by atomic mass is 10.0. The Balaban J connectivity index is 1.62. The Morgan fingerprint density at radius 3 is 2.76 bits per heavy atom. The molecule has 2 aliphatic rings. The number of hydrogen-bond donors (Lipinski definition) is 2. The molecule has 2 rings (SSSR count). The van der Waals surface area contributed by atoms with Crippen molar-refractivity contribution in [3.8, 4) is 0 Å². The van der Waals surface area contributed by atoms with Gasteiger partial charge in [-0.05, 0) is 59.0 Å². The SMILES string of the molecule is CC(C)(C)OC(=O)N1CCC(CNCC2CCCCN2)C1. The van der Waals surface area contributed by atoms with Crippen LogP contribution in [0.25, 0.3) is 0 Å². The second kappa shape index (κ2) is 7.45. The first-order valence-corrected chi connectivity index (χ1v) is 8.36. The molecule has 2 aliphatic heterocycles. The number of carbonyl (C=O) groups is 1. The summed E-state index contributed by atoms with van der Waals surface area (Å²) in [5, 5.41) is 7.11. The van der Waals surface area contributed by atoms with Gasteiger partial charge in [0.15, 0.2) is 0 Å². The average Bonchev–Trinajstić information content (AvgIpc) is 2.87. The second-order valence-corrected chi connectivity index (χ2v) is 7.39. The molecule has 5 nitrogen and oxygen atoms in total. The molecule has 0 saturated carbocycles. The van der Waals surface area contributed by atoms with Gasteiger partial charge in [-0.1, -0.05) is 6.42 Å². The Morgan fingerprint density at radius 1 is 1.29 bits per heavy atom. The minimum atomic E-state index is -0.403. The zero-order valence-corrected chi connectivity index (χ0v) is 13.8. The number of rotatable bonds is 4. The first kappa shape index (κ1) is 16.6. The Labute approximate surface area is 128 Å². The molecular formula is C16H31N3O2. The van der Waals surface area contributed by atoms with E-state index in [1.807, 2.05) is 25.7 Å². The van der Waals surface area contributed by atoms with Crippen LogP contribution in [0.1, 0.15) is 46.5 Å². The van der Waals surface area contributed by atoms with Gasteiger partial charge in [-0.25, -0.2) is 4.79 Å². The molecule has 2 unspecified atom stereocenters. The van der Waals surface area contributed by atoms with Crippen LogP contribution in [0.4, 0.5) is 4.79 Å². The summed E-state index contributed by atoms with van der Waals surface area (Å²) < 4.78 is 5.43. The van der Waals surface area contributed by atoms with Crippen molar-refractivity contribution < 1.29 is 9.53 Å². The Morgan fingerprint density at radius 2 is 2.10 bits per heavy atom. The molecule has 2 atom stereocenters. The molecule has 21 heavy (non-hydrogen) atoms. The Bertz CT molecular complexity index is 335. The molecule has 5 heteroatoms. The van der Waals surface area contributed by atoms with Gasteiger partial charge >= 0.3 is 6.09 Å². The van der Waals surface area contributed by atoms with E-state index in [2.05, 4.69) is 10.6 Å². The zero-order chi connectivity index (χ0) is 15.3. The van der Waals surface area contributed by atoms with Gasteiger partial charge in [-0.3, -0.25) is 0 Å². The highest BCUT2D eigenvalue weighted by molar-refractivity contribution is 5.68. The molecule has 122 valence electrons. The van der Waals surface area contributed by atoms with Crippen LogP contribution in [-0.4, -0.2) is 55.4 Å². The average molecular weight is 297 g/mol. The maximum absolute atomic E-state index is 12.0. The van der Waals surface area contributed by atoms with E-state index in [0.717, 1.165) is 39.1 Å². The van der Waals surface area contributed by atoms with E-state index >= 15 is 0 Å². The molecule has 0 aromatic carbocycles. The van der Waals surface area contributed by atoms with Gasteiger partial charge < -0.3 is 20.3 Å². The van der Waals surface area contributed by atoms with Gasteiger partial charge in [0.1, 0.15) is 5.60 Å². The number of ether oxygens (including phenoxy) is 1. The van der Waals surface area contributed by atoms with Crippen molar-refractivity contribution in [3.05, 3.63) is 0 Å². The van der Waals surface area contributed by atoms with E-state index in [1.54, 1.807) is 0 Å². The van der Waals surface area contributed by atoms with Gasteiger partial charge in [0.2, 0.25) is 0 Å². The monoisotopic (exact) mass is 297 g/mol. The number of piperidine rings is 1. The highest BCUT2D eigenvalue weighted by Gasteiger charge is 2.29. The topological polar surface area (TPSA) is 53.6 Å². The minimum Gasteiger partial charge on any atom is -0.444 e. The van der Waals surface area contributed by atoms with E-state index in [0.29, 0.717) is 12.0 Å². The zero-order valence-electron chi connectivity index (χ0n) is 13.8. The number of nitrogens with zero attached hydrogens (tertiary/aromatic N) is 1. The molecule has 0 bridgehead atoms. The van der Waals surface area contributed by atoms with Crippen LogP contribution >= 0.6 is 0 Å². The van der Waals surface area contributed by atoms with Crippen LogP contribution in [0.15, 0.2) is 0 Å². The van der Waals surface area contributed by atoms with Crippen LogP contribution in [0.2, 0.25) is 0 Å². The summed E-state index contributed by atoms with van der Waals surface area (Å²) in [4.78, 5) is 13.8. The normalized spacial score (nSPS) is 26.9. The molecule has 0 spiro atoms. The fourth-order valence-electron chi connectivity index (χ4n) is 3.05. The lowest BCUT2D eigenvalue weighted by Gasteiger charge is -2.25. The second-order valence-electron chi connectivity index (χ2n) is 7.39. The molecule has 2 N–H and O–H groups in total. The number of hydrogen-bond acceptors (Lipinski definition) is 4. The van der Waals surface area contributed by atoms with Crippen molar-refractivity contribution in [1.82, 2.24) is 15.5 Å². The Hall–Kier alpha value is -0.810. The smallest absolute Gasteiger partial charge is 0.410 e. The van der Waals surface area contributed by atoms with Crippen LogP contribution in [-0.2, 0) is 4.74 Å². The molecule has 2 saturated heterocycles. The number of carbonyl (C=O) groups excluding carboxylic acids is 1. The predicted octanol–water partition coefficient (Wildman–Crippen LogP) is 1.98. The molecule has 0 aromatic heterocycles. The third-order valence-corrected chi connectivity index (χ3v) is 4.17. The number of nitrogens with one attached hydrogen (secondary N) is 2. The molecule has 2 heterocycles. The lowest BCUT2D eigenvalue weighted by Crippen LogP contribution is -2.43. The number of amides is 1. The minimum absolute atomic E-state index is 0.168. The van der Waals surface area contributed by atoms with Crippen LogP contribution in [0, 0.1) is 5.92 Å². The summed E-state index contributed by atoms with van der Waals surface area (Å²) in [5.41, 5.74) is -0.403. The Kier molecular flexibility index (Phi) is 5.88. The van der Waals surface area contributed by atoms with Crippen LogP contribution in [0.5, 0.6) is 0 Å². The molecular weight excluding hydrogens is 266 g/mol. The van der Waals surface area contributed by atoms with E-state index in [9.17, 15) is 4.79 Å². The largest absolute Gasteiger partial charge is 0.444 e. The highest BCUT2D eigenvalue weighted by Crippen LogP contribution is 2.19. The van der Waals surface area contributed by atoms with Crippen molar-refractivity contribution in [2.45, 2.75) is 58.1 Å². The summed E-state index contributed by atoms with van der Waals surface area (Å²) in [5.74, 6) is 0.557. The van der Waals surface area contributed by atoms with Crippen molar-refractivity contribution in [2.24, 2.45) is 5.92 Å². The fourth-order valence-corrected chi connectivity index (χ4v) is 3.05. The van der Waals surface area contributed by atoms with Gasteiger partial charge in [0.05, 0.1) is 0 Å². The molecule has 0 aromatic rings. The molecule has 2 fully saturated rings. The van der Waals surface area contributed by atoms with Crippen molar-refractivity contribution in [3.63, 3.8) is 0 Å². The van der Waals surface area contributed by atoms with Gasteiger partial charge in [-0.15, -0.1) is 0 Å². The highest BCUT2D eigenvalue weighted by atomic mass is 16.6. The third kappa shape index (κ3) is 5.83. The maximum Gasteiger partial charge on any atom is 0.410 e. The summed E-state index contributed by atoms with van der Waals surface area (Å²) in [6.07, 6.45) is 4.84. The van der Waals surface area contributed by atoms with E-state index in [4.69, 9.17) is 4.74 Å². The first-order chi connectivity index (χ1) is 9.94. The molecule has 0 aliphatic carbocycles. The van der Waals surface area contributed by atoms with E-state index in [-0.39, 0.29) is 6.09 Å². The van der Waals surface area contributed by atoms with Gasteiger partial charge in [0.25, 0.3) is 0 Å². The summed E-state index contributed by atoms with van der Waals surface area (Å²) in [6.45, 7) is 10.6. The first-order valence-electron chi connectivity index (χ1n) is 8.36. The molecule has 0 radical (unpaired) electrons. The van der Waals surface area contributed by atoms with Crippen molar-refractivity contribution in [2.75, 3.05) is 32.7 Å². The summed E-state index contributed by atoms with van der Waals surface area (Å²) in [7, 11) is 0. The lowest BCUT2D eigenvalue weighted by molar-refractivity contribution is 0.0288. The molecule has 1 amide bonds.